The Morgan fingerprint density at radius 1 is 1.08 bits per heavy atom. The summed E-state index contributed by atoms with van der Waals surface area (Å²) in [6.07, 6.45) is 4.49. The predicted molar refractivity (Wildman–Crippen MR) is 92.6 cm³/mol. The first kappa shape index (κ1) is 15.3. The lowest BCUT2D eigenvalue weighted by Crippen LogP contribution is -2.00. The fourth-order valence-electron chi connectivity index (χ4n) is 2.80. The van der Waals surface area contributed by atoms with Crippen LogP contribution in [0.2, 0.25) is 0 Å². The second kappa shape index (κ2) is 6.33. The van der Waals surface area contributed by atoms with Crippen molar-refractivity contribution >= 4 is 17.0 Å². The normalized spacial score (nSPS) is 11.2. The Morgan fingerprint density at radius 2 is 1.88 bits per heavy atom. The van der Waals surface area contributed by atoms with Gasteiger partial charge in [0.05, 0.1) is 19.3 Å². The van der Waals surface area contributed by atoms with Gasteiger partial charge in [0.15, 0.2) is 0 Å². The highest BCUT2D eigenvalue weighted by Crippen LogP contribution is 2.19. The summed E-state index contributed by atoms with van der Waals surface area (Å²) in [4.78, 5) is 4.15. The smallest absolute Gasteiger partial charge is 0.203 e. The molecule has 1 aromatic carbocycles. The predicted octanol–water partition coefficient (Wildman–Crippen LogP) is 1.26. The van der Waals surface area contributed by atoms with E-state index >= 15 is 0 Å². The zero-order valence-electron chi connectivity index (χ0n) is 13.4. The van der Waals surface area contributed by atoms with Crippen LogP contribution >= 0.6 is 0 Å². The summed E-state index contributed by atoms with van der Waals surface area (Å²) in [7, 11) is 0. The fourth-order valence-corrected chi connectivity index (χ4v) is 2.80. The van der Waals surface area contributed by atoms with Crippen molar-refractivity contribution in [2.45, 2.75) is 19.6 Å². The van der Waals surface area contributed by atoms with E-state index in [4.69, 9.17) is 10.8 Å². The molecule has 4 aromatic rings. The van der Waals surface area contributed by atoms with Gasteiger partial charge in [-0.25, -0.2) is 4.98 Å². The maximum absolute atomic E-state index is 9.10. The maximum atomic E-state index is 9.10. The van der Waals surface area contributed by atoms with Gasteiger partial charge in [0.25, 0.3) is 0 Å². The third kappa shape index (κ3) is 3.20. The fraction of sp³-hybridized carbons (Fsp3) is 0.176. The van der Waals surface area contributed by atoms with Gasteiger partial charge in [0, 0.05) is 12.6 Å². The Hall–Kier alpha value is -3.26. The second-order valence-corrected chi connectivity index (χ2v) is 5.90. The number of aromatic nitrogens is 6. The SMILES string of the molecule is Nc1cc(Cc2cnn(Cc3ccc(CO)cc3)c2)c2n[nH]nc2n1. The van der Waals surface area contributed by atoms with Crippen molar-refractivity contribution < 1.29 is 5.11 Å². The van der Waals surface area contributed by atoms with Gasteiger partial charge in [-0.1, -0.05) is 24.3 Å². The number of rotatable bonds is 5. The third-order valence-electron chi connectivity index (χ3n) is 4.02. The molecule has 0 aliphatic carbocycles. The lowest BCUT2D eigenvalue weighted by atomic mass is 10.1. The zero-order chi connectivity index (χ0) is 17.2. The molecule has 0 unspecified atom stereocenters. The highest BCUT2D eigenvalue weighted by atomic mass is 16.3. The molecule has 3 aromatic heterocycles. The van der Waals surface area contributed by atoms with E-state index in [1.54, 1.807) is 0 Å². The van der Waals surface area contributed by atoms with Crippen LogP contribution in [0.5, 0.6) is 0 Å². The first-order chi connectivity index (χ1) is 12.2. The van der Waals surface area contributed by atoms with Crippen molar-refractivity contribution in [2.75, 3.05) is 5.73 Å². The average molecular weight is 335 g/mol. The van der Waals surface area contributed by atoms with E-state index in [1.165, 1.54) is 0 Å². The highest BCUT2D eigenvalue weighted by molar-refractivity contribution is 5.76. The molecule has 0 amide bonds. The van der Waals surface area contributed by atoms with Crippen LogP contribution in [0.4, 0.5) is 5.82 Å². The van der Waals surface area contributed by atoms with Crippen LogP contribution in [0.15, 0.2) is 42.7 Å². The van der Waals surface area contributed by atoms with Crippen molar-refractivity contribution in [3.8, 4) is 0 Å². The summed E-state index contributed by atoms with van der Waals surface area (Å²) in [5, 5.41) is 24.2. The number of fused-ring (bicyclic) bond motifs is 1. The van der Waals surface area contributed by atoms with Crippen LogP contribution in [0.25, 0.3) is 11.2 Å². The quantitative estimate of drug-likeness (QED) is 0.505. The minimum Gasteiger partial charge on any atom is -0.392 e. The molecule has 4 N–H and O–H groups in total. The van der Waals surface area contributed by atoms with Crippen LogP contribution < -0.4 is 5.73 Å². The summed E-state index contributed by atoms with van der Waals surface area (Å²) >= 11 is 0. The van der Waals surface area contributed by atoms with E-state index in [-0.39, 0.29) is 6.61 Å². The largest absolute Gasteiger partial charge is 0.392 e. The molecular formula is C17H17N7O. The molecule has 0 saturated heterocycles. The second-order valence-electron chi connectivity index (χ2n) is 5.90. The number of aliphatic hydroxyl groups excluding tert-OH is 1. The molecule has 0 atom stereocenters. The van der Waals surface area contributed by atoms with E-state index < -0.39 is 0 Å². The standard InChI is InChI=1S/C17H17N7O/c18-15-6-14(16-17(20-15)22-23-21-16)5-13-7-19-24(9-13)8-11-1-3-12(10-25)4-2-11/h1-4,6-7,9,25H,5,8,10H2,(H3,18,20,21,22,23). The number of hydrogen-bond acceptors (Lipinski definition) is 6. The van der Waals surface area contributed by atoms with Crippen LogP contribution in [0.1, 0.15) is 22.3 Å². The molecule has 0 fully saturated rings. The number of pyridine rings is 1. The van der Waals surface area contributed by atoms with Gasteiger partial charge in [-0.05, 0) is 28.3 Å². The van der Waals surface area contributed by atoms with E-state index in [2.05, 4.69) is 25.5 Å². The molecule has 0 aliphatic heterocycles. The summed E-state index contributed by atoms with van der Waals surface area (Å²) in [5.74, 6) is 0.424. The number of nitrogens with two attached hydrogens (primary N) is 1. The number of hydrogen-bond donors (Lipinski definition) is 3. The first-order valence-corrected chi connectivity index (χ1v) is 7.87. The van der Waals surface area contributed by atoms with Gasteiger partial charge in [0.1, 0.15) is 11.3 Å². The maximum Gasteiger partial charge on any atom is 0.203 e. The third-order valence-corrected chi connectivity index (χ3v) is 4.02. The van der Waals surface area contributed by atoms with Crippen molar-refractivity contribution in [3.05, 3.63) is 65.0 Å². The van der Waals surface area contributed by atoms with Crippen molar-refractivity contribution in [1.82, 2.24) is 30.2 Å². The van der Waals surface area contributed by atoms with Crippen molar-refractivity contribution in [2.24, 2.45) is 0 Å². The Morgan fingerprint density at radius 3 is 2.68 bits per heavy atom. The topological polar surface area (TPSA) is 119 Å². The van der Waals surface area contributed by atoms with Crippen LogP contribution in [0.3, 0.4) is 0 Å². The number of H-pyrrole nitrogens is 1. The van der Waals surface area contributed by atoms with Crippen molar-refractivity contribution in [3.63, 3.8) is 0 Å². The number of benzene rings is 1. The summed E-state index contributed by atoms with van der Waals surface area (Å²) < 4.78 is 1.88. The molecule has 4 rings (SSSR count). The Labute approximate surface area is 143 Å². The van der Waals surface area contributed by atoms with Gasteiger partial charge in [-0.2, -0.15) is 15.4 Å². The van der Waals surface area contributed by atoms with Crippen LogP contribution in [-0.2, 0) is 19.6 Å². The molecule has 0 saturated carbocycles. The van der Waals surface area contributed by atoms with Gasteiger partial charge >= 0.3 is 0 Å². The van der Waals surface area contributed by atoms with Crippen LogP contribution in [0, 0.1) is 0 Å². The summed E-state index contributed by atoms with van der Waals surface area (Å²) in [5.41, 5.74) is 11.1. The number of aliphatic hydroxyl groups is 1. The molecule has 0 bridgehead atoms. The van der Waals surface area contributed by atoms with Crippen LogP contribution in [-0.4, -0.2) is 35.3 Å². The van der Waals surface area contributed by atoms with E-state index in [0.717, 1.165) is 27.8 Å². The molecule has 8 nitrogen and oxygen atoms in total. The number of aromatic amines is 1. The number of nitrogen functional groups attached to an aromatic ring is 1. The molecule has 0 radical (unpaired) electrons. The molecule has 8 heteroatoms. The van der Waals surface area contributed by atoms with Gasteiger partial charge in [0.2, 0.25) is 5.65 Å². The number of anilines is 1. The molecular weight excluding hydrogens is 318 g/mol. The monoisotopic (exact) mass is 335 g/mol. The minimum atomic E-state index is 0.0534. The van der Waals surface area contributed by atoms with Gasteiger partial charge in [-0.15, -0.1) is 5.10 Å². The summed E-state index contributed by atoms with van der Waals surface area (Å²) in [6, 6.07) is 9.64. The van der Waals surface area contributed by atoms with Gasteiger partial charge < -0.3 is 10.8 Å². The molecule has 0 aliphatic rings. The lowest BCUT2D eigenvalue weighted by Gasteiger charge is -2.03. The zero-order valence-corrected chi connectivity index (χ0v) is 13.4. The molecule has 25 heavy (non-hydrogen) atoms. The van der Waals surface area contributed by atoms with Crippen molar-refractivity contribution in [1.29, 1.82) is 0 Å². The number of nitrogens with zero attached hydrogens (tertiary/aromatic N) is 5. The average Bonchev–Trinajstić information content (AvgIpc) is 3.25. The lowest BCUT2D eigenvalue weighted by molar-refractivity contribution is 0.282. The van der Waals surface area contributed by atoms with Gasteiger partial charge in [-0.3, -0.25) is 4.68 Å². The Kier molecular flexibility index (Phi) is 3.87. The number of nitrogens with one attached hydrogen (secondary N) is 1. The van der Waals surface area contributed by atoms with E-state index in [1.807, 2.05) is 47.4 Å². The minimum absolute atomic E-state index is 0.0534. The van der Waals surface area contributed by atoms with E-state index in [0.29, 0.717) is 24.4 Å². The summed E-state index contributed by atoms with van der Waals surface area (Å²) in [6.45, 7) is 0.724. The Balaban J connectivity index is 1.53. The Bertz CT molecular complexity index is 1000. The molecule has 3 heterocycles. The molecule has 126 valence electrons. The first-order valence-electron chi connectivity index (χ1n) is 7.87. The molecule has 0 spiro atoms. The highest BCUT2D eigenvalue weighted by Gasteiger charge is 2.10. The van der Waals surface area contributed by atoms with E-state index in [9.17, 15) is 0 Å².